The van der Waals surface area contributed by atoms with Gasteiger partial charge < -0.3 is 25.6 Å². The molecule has 4 rings (SSSR count). The molecule has 2 aromatic heterocycles. The minimum absolute atomic E-state index is 0.175. The summed E-state index contributed by atoms with van der Waals surface area (Å²) >= 11 is 0. The molecule has 38 heavy (non-hydrogen) atoms. The average Bonchev–Trinajstić information content (AvgIpc) is 3.50. The molecule has 3 atom stereocenters. The van der Waals surface area contributed by atoms with E-state index in [-0.39, 0.29) is 25.1 Å². The molecule has 2 aromatic rings. The highest BCUT2D eigenvalue weighted by atomic mass is 16.5. The van der Waals surface area contributed by atoms with E-state index in [0.29, 0.717) is 18.5 Å². The van der Waals surface area contributed by atoms with Crippen LogP contribution >= 0.6 is 0 Å². The third-order valence-corrected chi connectivity index (χ3v) is 7.16. The number of nitrogens with zero attached hydrogens (tertiary/aromatic N) is 6. The first-order chi connectivity index (χ1) is 18.5. The standard InChI is InChI=1S/C25H42N8O5/c1-19-15-33(23-14-21(35)22(18-34)38-23)25(37)32(24(19)36)13-5-12-31-17-20(28-29-31)16-30-10-3-8-26-6-2-7-27-9-4-11-30/h15,17,21-23,26-27,34-35H,2-14,16,18H2,1H3/t21-,22+,23+/m0/s1. The van der Waals surface area contributed by atoms with Gasteiger partial charge in [-0.15, -0.1) is 5.10 Å². The maximum Gasteiger partial charge on any atom is 0.333 e. The topological polar surface area (TPSA) is 152 Å². The summed E-state index contributed by atoms with van der Waals surface area (Å²) in [7, 11) is 0. The Morgan fingerprint density at radius 3 is 2.45 bits per heavy atom. The van der Waals surface area contributed by atoms with Crippen LogP contribution in [-0.4, -0.2) is 97.3 Å². The molecule has 0 saturated carbocycles. The molecule has 13 heteroatoms. The maximum atomic E-state index is 13.1. The number of nitrogens with one attached hydrogen (secondary N) is 2. The second-order valence-corrected chi connectivity index (χ2v) is 10.2. The lowest BCUT2D eigenvalue weighted by Crippen LogP contribution is -2.42. The number of ether oxygens (including phenoxy) is 1. The van der Waals surface area contributed by atoms with E-state index in [0.717, 1.165) is 70.8 Å². The molecule has 212 valence electrons. The van der Waals surface area contributed by atoms with E-state index in [1.54, 1.807) is 11.6 Å². The van der Waals surface area contributed by atoms with Crippen LogP contribution in [0.25, 0.3) is 0 Å². The van der Waals surface area contributed by atoms with Gasteiger partial charge in [0.25, 0.3) is 5.56 Å². The maximum absolute atomic E-state index is 13.1. The Balaban J connectivity index is 1.33. The zero-order valence-corrected chi connectivity index (χ0v) is 22.3. The number of rotatable bonds is 8. The van der Waals surface area contributed by atoms with Gasteiger partial charge in [-0.2, -0.15) is 0 Å². The molecule has 2 saturated heterocycles. The second-order valence-electron chi connectivity index (χ2n) is 10.2. The highest BCUT2D eigenvalue weighted by molar-refractivity contribution is 5.04. The van der Waals surface area contributed by atoms with Crippen LogP contribution < -0.4 is 21.9 Å². The van der Waals surface area contributed by atoms with Crippen LogP contribution in [0, 0.1) is 6.92 Å². The fourth-order valence-corrected chi connectivity index (χ4v) is 5.07. The highest BCUT2D eigenvalue weighted by Gasteiger charge is 2.35. The quantitative estimate of drug-likeness (QED) is 0.325. The van der Waals surface area contributed by atoms with Crippen LogP contribution in [0.1, 0.15) is 49.6 Å². The van der Waals surface area contributed by atoms with Gasteiger partial charge in [0, 0.05) is 44.0 Å². The Kier molecular flexibility index (Phi) is 10.6. The highest BCUT2D eigenvalue weighted by Crippen LogP contribution is 2.27. The van der Waals surface area contributed by atoms with Crippen LogP contribution in [0.4, 0.5) is 0 Å². The molecule has 4 N–H and O–H groups in total. The summed E-state index contributed by atoms with van der Waals surface area (Å²) in [5.74, 6) is 0. The van der Waals surface area contributed by atoms with Crippen molar-refractivity contribution in [1.29, 1.82) is 0 Å². The minimum Gasteiger partial charge on any atom is -0.394 e. The number of aliphatic hydroxyl groups is 2. The van der Waals surface area contributed by atoms with Gasteiger partial charge in [-0.05, 0) is 71.9 Å². The molecule has 0 radical (unpaired) electrons. The number of aryl methyl sites for hydroxylation is 2. The van der Waals surface area contributed by atoms with Crippen LogP contribution in [0.5, 0.6) is 0 Å². The Hall–Kier alpha value is -2.42. The zero-order valence-electron chi connectivity index (χ0n) is 22.3. The smallest absolute Gasteiger partial charge is 0.333 e. The molecule has 0 bridgehead atoms. The first-order valence-electron chi connectivity index (χ1n) is 13.8. The second kappa shape index (κ2) is 14.1. The molecular weight excluding hydrogens is 492 g/mol. The summed E-state index contributed by atoms with van der Waals surface area (Å²) < 4.78 is 9.93. The summed E-state index contributed by atoms with van der Waals surface area (Å²) in [6.45, 7) is 8.92. The van der Waals surface area contributed by atoms with Gasteiger partial charge in [-0.3, -0.25) is 23.5 Å². The summed E-state index contributed by atoms with van der Waals surface area (Å²) in [4.78, 5) is 28.2. The normalized spacial score (nSPS) is 24.2. The lowest BCUT2D eigenvalue weighted by atomic mass is 10.2. The number of aliphatic hydroxyl groups excluding tert-OH is 2. The average molecular weight is 535 g/mol. The molecule has 0 unspecified atom stereocenters. The molecule has 13 nitrogen and oxygen atoms in total. The van der Waals surface area contributed by atoms with Crippen molar-refractivity contribution >= 4 is 0 Å². The van der Waals surface area contributed by atoms with E-state index >= 15 is 0 Å². The summed E-state index contributed by atoms with van der Waals surface area (Å²) in [6.07, 6.45) is 5.11. The molecular formula is C25H42N8O5. The number of aromatic nitrogens is 5. The van der Waals surface area contributed by atoms with Crippen molar-refractivity contribution in [3.63, 3.8) is 0 Å². The van der Waals surface area contributed by atoms with Crippen molar-refractivity contribution < 1.29 is 14.9 Å². The van der Waals surface area contributed by atoms with E-state index < -0.39 is 24.1 Å². The molecule has 0 aliphatic carbocycles. The van der Waals surface area contributed by atoms with E-state index in [4.69, 9.17) is 4.74 Å². The summed E-state index contributed by atoms with van der Waals surface area (Å²) in [6, 6.07) is 0. The molecule has 0 aromatic carbocycles. The SMILES string of the molecule is Cc1cn([C@H]2C[C@H](O)[C@@H](CO)O2)c(=O)n(CCCn2cc(CN3CCCNCCCNCCC3)nn2)c1=O. The Morgan fingerprint density at radius 1 is 1.05 bits per heavy atom. The Bertz CT molecular complexity index is 1120. The summed E-state index contributed by atoms with van der Waals surface area (Å²) in [5, 5.41) is 35.0. The Labute approximate surface area is 222 Å². The predicted octanol–water partition coefficient (Wildman–Crippen LogP) is -1.19. The Morgan fingerprint density at radius 2 is 1.76 bits per heavy atom. The largest absolute Gasteiger partial charge is 0.394 e. The van der Waals surface area contributed by atoms with Crippen molar-refractivity contribution in [1.82, 2.24) is 39.7 Å². The van der Waals surface area contributed by atoms with Crippen LogP contribution in [0.15, 0.2) is 22.0 Å². The van der Waals surface area contributed by atoms with Gasteiger partial charge >= 0.3 is 5.69 Å². The van der Waals surface area contributed by atoms with Crippen molar-refractivity contribution in [2.24, 2.45) is 0 Å². The van der Waals surface area contributed by atoms with Crippen LogP contribution in [-0.2, 0) is 24.4 Å². The minimum atomic E-state index is -0.866. The molecule has 2 aliphatic rings. The first-order valence-corrected chi connectivity index (χ1v) is 13.8. The first kappa shape index (κ1) is 28.6. The molecule has 4 heterocycles. The molecule has 0 spiro atoms. The number of hydrogen-bond acceptors (Lipinski definition) is 10. The van der Waals surface area contributed by atoms with Crippen molar-refractivity contribution in [3.05, 3.63) is 44.5 Å². The van der Waals surface area contributed by atoms with Gasteiger partial charge in [0.2, 0.25) is 0 Å². The number of hydrogen-bond donors (Lipinski definition) is 4. The zero-order chi connectivity index (χ0) is 26.9. The fourth-order valence-electron chi connectivity index (χ4n) is 5.07. The fraction of sp³-hybridized carbons (Fsp3) is 0.760. The third kappa shape index (κ3) is 7.58. The van der Waals surface area contributed by atoms with Gasteiger partial charge in [0.15, 0.2) is 0 Å². The van der Waals surface area contributed by atoms with Gasteiger partial charge in [-0.25, -0.2) is 4.79 Å². The van der Waals surface area contributed by atoms with Crippen molar-refractivity contribution in [2.75, 3.05) is 45.9 Å². The lowest BCUT2D eigenvalue weighted by molar-refractivity contribution is -0.0464. The van der Waals surface area contributed by atoms with Gasteiger partial charge in [0.05, 0.1) is 18.4 Å². The summed E-state index contributed by atoms with van der Waals surface area (Å²) in [5.41, 5.74) is 0.482. The van der Waals surface area contributed by atoms with Crippen LogP contribution in [0.3, 0.4) is 0 Å². The van der Waals surface area contributed by atoms with Crippen molar-refractivity contribution in [2.45, 2.75) is 77.1 Å². The third-order valence-electron chi connectivity index (χ3n) is 7.16. The van der Waals surface area contributed by atoms with Crippen molar-refractivity contribution in [3.8, 4) is 0 Å². The molecule has 2 aliphatic heterocycles. The monoisotopic (exact) mass is 534 g/mol. The van der Waals surface area contributed by atoms with E-state index in [1.807, 2.05) is 6.20 Å². The predicted molar refractivity (Wildman–Crippen MR) is 141 cm³/mol. The van der Waals surface area contributed by atoms with Gasteiger partial charge in [0.1, 0.15) is 12.3 Å². The molecule has 0 amide bonds. The van der Waals surface area contributed by atoms with E-state index in [1.165, 1.54) is 15.3 Å². The lowest BCUT2D eigenvalue weighted by Gasteiger charge is -2.22. The van der Waals surface area contributed by atoms with Crippen LogP contribution in [0.2, 0.25) is 0 Å². The van der Waals surface area contributed by atoms with E-state index in [2.05, 4.69) is 25.8 Å². The van der Waals surface area contributed by atoms with Gasteiger partial charge in [-0.1, -0.05) is 5.21 Å². The van der Waals surface area contributed by atoms with E-state index in [9.17, 15) is 19.8 Å². The molecule has 2 fully saturated rings.